The second kappa shape index (κ2) is 8.59. The number of hydrogen-bond donors (Lipinski definition) is 2. The Morgan fingerprint density at radius 1 is 1.25 bits per heavy atom. The van der Waals surface area contributed by atoms with Crippen LogP contribution in [0.25, 0.3) is 0 Å². The summed E-state index contributed by atoms with van der Waals surface area (Å²) in [5.74, 6) is 0.0960. The fraction of sp³-hybridized carbons (Fsp3) is 0.619. The summed E-state index contributed by atoms with van der Waals surface area (Å²) in [6.07, 6.45) is 2.27. The predicted molar refractivity (Wildman–Crippen MR) is 107 cm³/mol. The number of aromatic amines is 1. The van der Waals surface area contributed by atoms with E-state index in [1.807, 2.05) is 31.7 Å². The standard InChI is InChI=1S/C21H30N4O3/c1-13-16(14(2)23-19(27)17(13)12-22)6-7-18(26)24-15-8-10-25(11-9-15)20(28)21(3,4)5/h15H,6-11H2,1-5H3,(H,23,27)(H,24,26). The zero-order chi connectivity index (χ0) is 21.1. The Morgan fingerprint density at radius 3 is 2.39 bits per heavy atom. The number of rotatable bonds is 4. The van der Waals surface area contributed by atoms with Gasteiger partial charge in [-0.2, -0.15) is 5.26 Å². The number of H-pyrrole nitrogens is 1. The van der Waals surface area contributed by atoms with Crippen LogP contribution >= 0.6 is 0 Å². The number of amides is 2. The van der Waals surface area contributed by atoms with Gasteiger partial charge in [0, 0.05) is 36.7 Å². The van der Waals surface area contributed by atoms with Crippen molar-refractivity contribution in [3.63, 3.8) is 0 Å². The summed E-state index contributed by atoms with van der Waals surface area (Å²) in [7, 11) is 0. The van der Waals surface area contributed by atoms with Crippen molar-refractivity contribution < 1.29 is 9.59 Å². The minimum Gasteiger partial charge on any atom is -0.353 e. The zero-order valence-corrected chi connectivity index (χ0v) is 17.4. The van der Waals surface area contributed by atoms with Crippen molar-refractivity contribution in [2.24, 2.45) is 5.41 Å². The minimum atomic E-state index is -0.387. The molecule has 28 heavy (non-hydrogen) atoms. The van der Waals surface area contributed by atoms with E-state index in [-0.39, 0.29) is 34.4 Å². The Labute approximate surface area is 166 Å². The van der Waals surface area contributed by atoms with Crippen LogP contribution in [0.15, 0.2) is 4.79 Å². The molecule has 1 aromatic rings. The molecule has 2 heterocycles. The van der Waals surface area contributed by atoms with Crippen LogP contribution in [0.4, 0.5) is 0 Å². The molecule has 0 aliphatic carbocycles. The summed E-state index contributed by atoms with van der Waals surface area (Å²) < 4.78 is 0. The van der Waals surface area contributed by atoms with Crippen molar-refractivity contribution in [2.45, 2.75) is 66.3 Å². The van der Waals surface area contributed by atoms with Gasteiger partial charge in [-0.3, -0.25) is 14.4 Å². The average Bonchev–Trinajstić information content (AvgIpc) is 2.61. The highest BCUT2D eigenvalue weighted by molar-refractivity contribution is 5.81. The number of pyridine rings is 1. The fourth-order valence-corrected chi connectivity index (χ4v) is 3.66. The highest BCUT2D eigenvalue weighted by atomic mass is 16.2. The number of aryl methyl sites for hydroxylation is 1. The second-order valence-corrected chi connectivity index (χ2v) is 8.55. The number of likely N-dealkylation sites (tertiary alicyclic amines) is 1. The Balaban J connectivity index is 1.89. The molecule has 0 radical (unpaired) electrons. The molecule has 1 aliphatic heterocycles. The summed E-state index contributed by atoms with van der Waals surface area (Å²) in [4.78, 5) is 41.1. The fourth-order valence-electron chi connectivity index (χ4n) is 3.66. The molecule has 1 aliphatic rings. The molecule has 1 aromatic heterocycles. The van der Waals surface area contributed by atoms with Crippen molar-refractivity contribution in [3.8, 4) is 6.07 Å². The normalized spacial score (nSPS) is 15.2. The molecule has 1 saturated heterocycles. The van der Waals surface area contributed by atoms with Crippen LogP contribution in [0.5, 0.6) is 0 Å². The van der Waals surface area contributed by atoms with Gasteiger partial charge in [0.2, 0.25) is 11.8 Å². The Hall–Kier alpha value is -2.62. The number of hydrogen-bond acceptors (Lipinski definition) is 4. The first-order valence-corrected chi connectivity index (χ1v) is 9.75. The number of carbonyl (C=O) groups is 2. The molecule has 0 aromatic carbocycles. The van der Waals surface area contributed by atoms with Crippen LogP contribution in [0, 0.1) is 30.6 Å². The molecule has 2 amide bonds. The van der Waals surface area contributed by atoms with Gasteiger partial charge >= 0.3 is 0 Å². The first-order valence-electron chi connectivity index (χ1n) is 9.75. The molecule has 0 saturated carbocycles. The highest BCUT2D eigenvalue weighted by Crippen LogP contribution is 2.21. The monoisotopic (exact) mass is 386 g/mol. The lowest BCUT2D eigenvalue weighted by atomic mass is 9.93. The van der Waals surface area contributed by atoms with Crippen LogP contribution in [0.3, 0.4) is 0 Å². The van der Waals surface area contributed by atoms with Crippen LogP contribution in [-0.4, -0.2) is 40.8 Å². The minimum absolute atomic E-state index is 0.0518. The van der Waals surface area contributed by atoms with E-state index in [9.17, 15) is 14.4 Å². The van der Waals surface area contributed by atoms with E-state index < -0.39 is 0 Å². The second-order valence-electron chi connectivity index (χ2n) is 8.55. The van der Waals surface area contributed by atoms with Crippen molar-refractivity contribution in [1.29, 1.82) is 5.26 Å². The van der Waals surface area contributed by atoms with Gasteiger partial charge in [-0.15, -0.1) is 0 Å². The third-order valence-corrected chi connectivity index (χ3v) is 5.31. The van der Waals surface area contributed by atoms with Gasteiger partial charge < -0.3 is 15.2 Å². The molecular formula is C21H30N4O3. The number of aromatic nitrogens is 1. The largest absolute Gasteiger partial charge is 0.353 e. The van der Waals surface area contributed by atoms with Crippen molar-refractivity contribution in [1.82, 2.24) is 15.2 Å². The maximum Gasteiger partial charge on any atom is 0.266 e. The highest BCUT2D eigenvalue weighted by Gasteiger charge is 2.30. The Kier molecular flexibility index (Phi) is 6.65. The van der Waals surface area contributed by atoms with Crippen LogP contribution in [-0.2, 0) is 16.0 Å². The lowest BCUT2D eigenvalue weighted by Crippen LogP contribution is -2.49. The van der Waals surface area contributed by atoms with E-state index in [1.165, 1.54) is 0 Å². The molecule has 2 N–H and O–H groups in total. The summed E-state index contributed by atoms with van der Waals surface area (Å²) in [6.45, 7) is 10.6. The number of piperidine rings is 1. The zero-order valence-electron chi connectivity index (χ0n) is 17.4. The van der Waals surface area contributed by atoms with Crippen LogP contribution in [0.2, 0.25) is 0 Å². The summed E-state index contributed by atoms with van der Waals surface area (Å²) in [6, 6.07) is 2.00. The van der Waals surface area contributed by atoms with E-state index in [0.717, 1.165) is 18.4 Å². The molecule has 0 bridgehead atoms. The topological polar surface area (TPSA) is 106 Å². The van der Waals surface area contributed by atoms with Gasteiger partial charge in [0.25, 0.3) is 5.56 Å². The first-order chi connectivity index (χ1) is 13.0. The predicted octanol–water partition coefficient (Wildman–Crippen LogP) is 1.95. The van der Waals surface area contributed by atoms with Gasteiger partial charge in [-0.05, 0) is 44.2 Å². The summed E-state index contributed by atoms with van der Waals surface area (Å²) >= 11 is 0. The van der Waals surface area contributed by atoms with Gasteiger partial charge in [0.1, 0.15) is 11.6 Å². The van der Waals surface area contributed by atoms with Gasteiger partial charge in [0.05, 0.1) is 0 Å². The number of nitriles is 1. The third kappa shape index (κ3) is 5.00. The SMILES string of the molecule is Cc1[nH]c(=O)c(C#N)c(C)c1CCC(=O)NC1CCN(C(=O)C(C)(C)C)CC1. The third-order valence-electron chi connectivity index (χ3n) is 5.31. The van der Waals surface area contributed by atoms with E-state index >= 15 is 0 Å². The average molecular weight is 386 g/mol. The molecular weight excluding hydrogens is 356 g/mol. The van der Waals surface area contributed by atoms with Crippen molar-refractivity contribution >= 4 is 11.8 Å². The van der Waals surface area contributed by atoms with E-state index in [1.54, 1.807) is 13.8 Å². The van der Waals surface area contributed by atoms with Crippen LogP contribution in [0.1, 0.15) is 62.4 Å². The lowest BCUT2D eigenvalue weighted by Gasteiger charge is -2.36. The number of carbonyl (C=O) groups excluding carboxylic acids is 2. The van der Waals surface area contributed by atoms with Crippen molar-refractivity contribution in [2.75, 3.05) is 13.1 Å². The molecule has 0 atom stereocenters. The van der Waals surface area contributed by atoms with Gasteiger partial charge in [-0.25, -0.2) is 0 Å². The number of nitrogens with zero attached hydrogens (tertiary/aromatic N) is 2. The Bertz CT molecular complexity index is 850. The maximum atomic E-state index is 12.4. The first kappa shape index (κ1) is 21.7. The van der Waals surface area contributed by atoms with E-state index in [4.69, 9.17) is 5.26 Å². The molecule has 2 rings (SSSR count). The smallest absolute Gasteiger partial charge is 0.266 e. The van der Waals surface area contributed by atoms with Gasteiger partial charge in [-0.1, -0.05) is 20.8 Å². The van der Waals surface area contributed by atoms with E-state index in [0.29, 0.717) is 37.2 Å². The molecule has 0 unspecified atom stereocenters. The molecule has 152 valence electrons. The summed E-state index contributed by atoms with van der Waals surface area (Å²) in [5, 5.41) is 12.2. The summed E-state index contributed by atoms with van der Waals surface area (Å²) in [5.41, 5.74) is 1.52. The van der Waals surface area contributed by atoms with Gasteiger partial charge in [0.15, 0.2) is 0 Å². The van der Waals surface area contributed by atoms with Crippen LogP contribution < -0.4 is 10.9 Å². The molecule has 7 heteroatoms. The maximum absolute atomic E-state index is 12.4. The molecule has 1 fully saturated rings. The van der Waals surface area contributed by atoms with E-state index in [2.05, 4.69) is 10.3 Å². The van der Waals surface area contributed by atoms with Crippen molar-refractivity contribution in [3.05, 3.63) is 32.7 Å². The lowest BCUT2D eigenvalue weighted by molar-refractivity contribution is -0.140. The Morgan fingerprint density at radius 2 is 1.86 bits per heavy atom. The molecule has 0 spiro atoms. The number of nitrogens with one attached hydrogen (secondary N) is 2. The quantitative estimate of drug-likeness (QED) is 0.825. The molecule has 7 nitrogen and oxygen atoms in total.